The summed E-state index contributed by atoms with van der Waals surface area (Å²) in [6, 6.07) is 6.01. The van der Waals surface area contributed by atoms with Crippen molar-refractivity contribution in [3.8, 4) is 0 Å². The van der Waals surface area contributed by atoms with Gasteiger partial charge in [0.15, 0.2) is 0 Å². The lowest BCUT2D eigenvalue weighted by molar-refractivity contribution is -0.122. The van der Waals surface area contributed by atoms with Crippen molar-refractivity contribution in [3.05, 3.63) is 29.8 Å². The molecular weight excluding hydrogens is 270 g/mol. The number of amides is 2. The van der Waals surface area contributed by atoms with Crippen molar-refractivity contribution in [2.24, 2.45) is 17.8 Å². The zero-order chi connectivity index (χ0) is 15.1. The number of hydrogen-bond acceptors (Lipinski definition) is 3. The van der Waals surface area contributed by atoms with E-state index in [1.54, 1.807) is 12.1 Å². The molecule has 2 fully saturated rings. The van der Waals surface area contributed by atoms with Crippen LogP contribution in [0.5, 0.6) is 0 Å². The Bertz CT molecular complexity index is 624. The summed E-state index contributed by atoms with van der Waals surface area (Å²) in [5, 5.41) is 9.04. The van der Waals surface area contributed by atoms with E-state index in [4.69, 9.17) is 5.11 Å². The van der Waals surface area contributed by atoms with Crippen LogP contribution in [0.25, 0.3) is 0 Å². The fourth-order valence-corrected chi connectivity index (χ4v) is 3.42. The largest absolute Gasteiger partial charge is 0.478 e. The minimum absolute atomic E-state index is 0.0799. The summed E-state index contributed by atoms with van der Waals surface area (Å²) in [4.78, 5) is 37.2. The number of fused-ring (bicyclic) bond motifs is 1. The first-order chi connectivity index (χ1) is 9.99. The maximum atomic E-state index is 12.5. The van der Waals surface area contributed by atoms with E-state index in [1.807, 2.05) is 0 Å². The van der Waals surface area contributed by atoms with Gasteiger partial charge >= 0.3 is 5.97 Å². The fourth-order valence-electron chi connectivity index (χ4n) is 3.42. The summed E-state index contributed by atoms with van der Waals surface area (Å²) in [6.45, 7) is 2.10. The zero-order valence-electron chi connectivity index (χ0n) is 11.8. The molecule has 21 heavy (non-hydrogen) atoms. The van der Waals surface area contributed by atoms with Crippen LogP contribution in [0.2, 0.25) is 0 Å². The molecule has 0 aromatic heterocycles. The van der Waals surface area contributed by atoms with Gasteiger partial charge in [-0.05, 0) is 43.4 Å². The molecule has 0 bridgehead atoms. The average Bonchev–Trinajstić information content (AvgIpc) is 2.70. The van der Waals surface area contributed by atoms with Crippen LogP contribution in [0.4, 0.5) is 5.69 Å². The second-order valence-corrected chi connectivity index (χ2v) is 6.00. The normalized spacial score (nSPS) is 28.6. The van der Waals surface area contributed by atoms with E-state index < -0.39 is 5.97 Å². The minimum Gasteiger partial charge on any atom is -0.478 e. The standard InChI is InChI=1S/C16H17NO4/c1-9-5-6-12-13(7-9)15(19)17(14(12)18)11-4-2-3-10(8-11)16(20)21/h2-4,8-9,12-13H,5-7H2,1H3,(H,20,21)/t9-,12+,13-/m1/s1. The van der Waals surface area contributed by atoms with Gasteiger partial charge in [-0.1, -0.05) is 13.0 Å². The molecule has 5 heteroatoms. The molecule has 2 amide bonds. The third-order valence-electron chi connectivity index (χ3n) is 4.54. The van der Waals surface area contributed by atoms with Gasteiger partial charge in [0.05, 0.1) is 23.1 Å². The molecule has 3 rings (SSSR count). The van der Waals surface area contributed by atoms with E-state index in [0.717, 1.165) is 19.3 Å². The summed E-state index contributed by atoms with van der Waals surface area (Å²) in [7, 11) is 0. The monoisotopic (exact) mass is 287 g/mol. The third-order valence-corrected chi connectivity index (χ3v) is 4.54. The number of carboxylic acid groups (broad SMARTS) is 1. The van der Waals surface area contributed by atoms with Gasteiger partial charge in [-0.15, -0.1) is 0 Å². The van der Waals surface area contributed by atoms with Crippen LogP contribution in [-0.2, 0) is 9.59 Å². The number of benzene rings is 1. The molecule has 2 aliphatic rings. The Morgan fingerprint density at radius 1 is 1.19 bits per heavy atom. The van der Waals surface area contributed by atoms with Gasteiger partial charge in [0, 0.05) is 0 Å². The molecule has 1 N–H and O–H groups in total. The van der Waals surface area contributed by atoms with Gasteiger partial charge in [0.25, 0.3) is 0 Å². The summed E-state index contributed by atoms with van der Waals surface area (Å²) < 4.78 is 0. The van der Waals surface area contributed by atoms with E-state index in [0.29, 0.717) is 11.6 Å². The predicted molar refractivity (Wildman–Crippen MR) is 75.9 cm³/mol. The number of imide groups is 1. The first-order valence-electron chi connectivity index (χ1n) is 7.20. The summed E-state index contributed by atoms with van der Waals surface area (Å²) in [6.07, 6.45) is 2.44. The molecule has 1 saturated carbocycles. The van der Waals surface area contributed by atoms with Gasteiger partial charge in [-0.25, -0.2) is 4.79 Å². The number of rotatable bonds is 2. The Labute approximate surface area is 122 Å². The van der Waals surface area contributed by atoms with Crippen molar-refractivity contribution in [1.82, 2.24) is 0 Å². The molecule has 0 spiro atoms. The lowest BCUT2D eigenvalue weighted by Crippen LogP contribution is -2.31. The molecule has 1 aliphatic heterocycles. The van der Waals surface area contributed by atoms with Crippen LogP contribution in [0.1, 0.15) is 36.5 Å². The van der Waals surface area contributed by atoms with E-state index in [9.17, 15) is 14.4 Å². The number of nitrogens with zero attached hydrogens (tertiary/aromatic N) is 1. The van der Waals surface area contributed by atoms with E-state index in [1.165, 1.54) is 17.0 Å². The van der Waals surface area contributed by atoms with Gasteiger partial charge in [0.1, 0.15) is 0 Å². The Morgan fingerprint density at radius 3 is 2.62 bits per heavy atom. The van der Waals surface area contributed by atoms with Crippen molar-refractivity contribution < 1.29 is 19.5 Å². The second kappa shape index (κ2) is 4.98. The first kappa shape index (κ1) is 13.8. The Hall–Kier alpha value is -2.17. The zero-order valence-corrected chi connectivity index (χ0v) is 11.8. The Kier molecular flexibility index (Phi) is 3.27. The van der Waals surface area contributed by atoms with Crippen molar-refractivity contribution in [1.29, 1.82) is 0 Å². The Morgan fingerprint density at radius 2 is 1.90 bits per heavy atom. The van der Waals surface area contributed by atoms with Crippen LogP contribution in [0.15, 0.2) is 24.3 Å². The molecule has 1 aromatic carbocycles. The maximum Gasteiger partial charge on any atom is 0.335 e. The smallest absolute Gasteiger partial charge is 0.335 e. The van der Waals surface area contributed by atoms with Crippen LogP contribution in [-0.4, -0.2) is 22.9 Å². The number of carbonyl (C=O) groups excluding carboxylic acids is 2. The number of hydrogen-bond donors (Lipinski definition) is 1. The Balaban J connectivity index is 1.95. The van der Waals surface area contributed by atoms with Crippen LogP contribution in [0.3, 0.4) is 0 Å². The maximum absolute atomic E-state index is 12.5. The number of aromatic carboxylic acids is 1. The van der Waals surface area contributed by atoms with Gasteiger partial charge < -0.3 is 5.11 Å². The number of anilines is 1. The molecule has 0 unspecified atom stereocenters. The predicted octanol–water partition coefficient (Wildman–Crippen LogP) is 2.31. The van der Waals surface area contributed by atoms with Crippen molar-refractivity contribution in [2.75, 3.05) is 4.90 Å². The quantitative estimate of drug-likeness (QED) is 0.847. The third kappa shape index (κ3) is 2.22. The van der Waals surface area contributed by atoms with Crippen molar-refractivity contribution in [2.45, 2.75) is 26.2 Å². The highest BCUT2D eigenvalue weighted by atomic mass is 16.4. The van der Waals surface area contributed by atoms with Crippen LogP contribution < -0.4 is 4.90 Å². The minimum atomic E-state index is -1.07. The average molecular weight is 287 g/mol. The summed E-state index contributed by atoms with van der Waals surface area (Å²) in [5.41, 5.74) is 0.447. The highest BCUT2D eigenvalue weighted by Gasteiger charge is 2.49. The molecule has 1 aromatic rings. The molecular formula is C16H17NO4. The van der Waals surface area contributed by atoms with Gasteiger partial charge in [-0.3, -0.25) is 14.5 Å². The van der Waals surface area contributed by atoms with Crippen LogP contribution in [0, 0.1) is 17.8 Å². The second-order valence-electron chi connectivity index (χ2n) is 6.00. The van der Waals surface area contributed by atoms with E-state index in [-0.39, 0.29) is 29.2 Å². The highest BCUT2D eigenvalue weighted by Crippen LogP contribution is 2.42. The summed E-state index contributed by atoms with van der Waals surface area (Å²) >= 11 is 0. The fraction of sp³-hybridized carbons (Fsp3) is 0.438. The lowest BCUT2D eigenvalue weighted by atomic mass is 9.76. The van der Waals surface area contributed by atoms with Gasteiger partial charge in [0.2, 0.25) is 11.8 Å². The molecule has 1 saturated heterocycles. The summed E-state index contributed by atoms with van der Waals surface area (Å²) in [5.74, 6) is -1.45. The van der Waals surface area contributed by atoms with Crippen molar-refractivity contribution >= 4 is 23.5 Å². The lowest BCUT2D eigenvalue weighted by Gasteiger charge is -2.25. The number of carboxylic acids is 1. The van der Waals surface area contributed by atoms with E-state index >= 15 is 0 Å². The SMILES string of the molecule is C[C@@H]1CC[C@@H]2C(=O)N(c3cccc(C(=O)O)c3)C(=O)[C@@H]2C1. The highest BCUT2D eigenvalue weighted by molar-refractivity contribution is 6.22. The van der Waals surface area contributed by atoms with Crippen LogP contribution >= 0.6 is 0 Å². The van der Waals surface area contributed by atoms with Crippen molar-refractivity contribution in [3.63, 3.8) is 0 Å². The molecule has 3 atom stereocenters. The number of carbonyl (C=O) groups is 3. The molecule has 1 heterocycles. The van der Waals surface area contributed by atoms with Gasteiger partial charge in [-0.2, -0.15) is 0 Å². The molecule has 110 valence electrons. The molecule has 1 aliphatic carbocycles. The first-order valence-corrected chi connectivity index (χ1v) is 7.20. The topological polar surface area (TPSA) is 74.7 Å². The van der Waals surface area contributed by atoms with E-state index in [2.05, 4.69) is 6.92 Å². The molecule has 0 radical (unpaired) electrons. The molecule has 5 nitrogen and oxygen atoms in total.